The molecule has 4 atom stereocenters. The predicted molar refractivity (Wildman–Crippen MR) is 61.3 cm³/mol. The van der Waals surface area contributed by atoms with Crippen molar-refractivity contribution < 1.29 is 20.1 Å². The normalized spacial score (nSPS) is 31.1. The van der Waals surface area contributed by atoms with Gasteiger partial charge in [0.25, 0.3) is 0 Å². The van der Waals surface area contributed by atoms with Crippen LogP contribution in [0.25, 0.3) is 0 Å². The number of nitrogens with two attached hydrogens (primary N) is 1. The molecular weight excluding hydrogens is 266 g/mol. The Morgan fingerprint density at radius 1 is 1.50 bits per heavy atom. The summed E-state index contributed by atoms with van der Waals surface area (Å²) in [4.78, 5) is 3.74. The third kappa shape index (κ3) is 2.44. The molecular formula is C8H14ClN5O4. The van der Waals surface area contributed by atoms with E-state index in [1.807, 2.05) is 0 Å². The lowest BCUT2D eigenvalue weighted by Gasteiger charge is -2.13. The monoisotopic (exact) mass is 279 g/mol. The Labute approximate surface area is 108 Å². The summed E-state index contributed by atoms with van der Waals surface area (Å²) in [6.07, 6.45) is -3.02. The summed E-state index contributed by atoms with van der Waals surface area (Å²) < 4.78 is 6.37. The molecule has 1 aromatic rings. The highest BCUT2D eigenvalue weighted by molar-refractivity contribution is 5.90. The van der Waals surface area contributed by atoms with Gasteiger partial charge < -0.3 is 25.8 Å². The van der Waals surface area contributed by atoms with E-state index in [4.69, 9.17) is 21.0 Å². The van der Waals surface area contributed by atoms with Gasteiger partial charge >= 0.3 is 0 Å². The first-order valence-electron chi connectivity index (χ1n) is 4.92. The van der Waals surface area contributed by atoms with Gasteiger partial charge in [-0.1, -0.05) is 0 Å². The standard InChI is InChI=1S/C8H13N5O4.ClH/c9-6(10)7-11-2-13(12-7)8-5(16)4(15)3(1-14)17-8;/h2-5,8,14-16H,1H2,(H3,9,10);1H/t3-,4+,5-,8?;/m1./s1. The molecule has 10 heteroatoms. The van der Waals surface area contributed by atoms with E-state index in [0.29, 0.717) is 0 Å². The lowest BCUT2D eigenvalue weighted by Crippen LogP contribution is -2.33. The van der Waals surface area contributed by atoms with Gasteiger partial charge in [-0.25, -0.2) is 9.67 Å². The van der Waals surface area contributed by atoms with Gasteiger partial charge in [-0.2, -0.15) is 0 Å². The molecule has 9 nitrogen and oxygen atoms in total. The number of halogens is 1. The number of hydrogen-bond acceptors (Lipinski definition) is 7. The Hall–Kier alpha value is -1.26. The van der Waals surface area contributed by atoms with Crippen molar-refractivity contribution in [3.05, 3.63) is 12.2 Å². The van der Waals surface area contributed by atoms with Crippen LogP contribution >= 0.6 is 12.4 Å². The number of nitrogens with zero attached hydrogens (tertiary/aromatic N) is 3. The molecule has 1 fully saturated rings. The molecule has 1 aliphatic rings. The number of aliphatic hydroxyl groups excluding tert-OH is 3. The molecule has 1 aliphatic heterocycles. The molecule has 0 saturated carbocycles. The maximum atomic E-state index is 9.70. The van der Waals surface area contributed by atoms with Crippen molar-refractivity contribution in [2.24, 2.45) is 5.73 Å². The summed E-state index contributed by atoms with van der Waals surface area (Å²) in [5, 5.41) is 39.1. The summed E-state index contributed by atoms with van der Waals surface area (Å²) in [6, 6.07) is 0. The van der Waals surface area contributed by atoms with E-state index < -0.39 is 31.1 Å². The van der Waals surface area contributed by atoms with Crippen molar-refractivity contribution in [2.75, 3.05) is 6.61 Å². The van der Waals surface area contributed by atoms with Gasteiger partial charge in [0.15, 0.2) is 12.1 Å². The summed E-state index contributed by atoms with van der Waals surface area (Å²) in [5.74, 6) is -0.307. The van der Waals surface area contributed by atoms with E-state index in [1.54, 1.807) is 0 Å². The van der Waals surface area contributed by atoms with Crippen LogP contribution in [0.2, 0.25) is 0 Å². The molecule has 6 N–H and O–H groups in total. The van der Waals surface area contributed by atoms with E-state index >= 15 is 0 Å². The first-order chi connectivity index (χ1) is 8.04. The molecule has 0 bridgehead atoms. The summed E-state index contributed by atoms with van der Waals surface area (Å²) in [7, 11) is 0. The smallest absolute Gasteiger partial charge is 0.215 e. The maximum Gasteiger partial charge on any atom is 0.215 e. The highest BCUT2D eigenvalue weighted by Crippen LogP contribution is 2.28. The number of ether oxygens (including phenoxy) is 1. The van der Waals surface area contributed by atoms with E-state index in [9.17, 15) is 10.2 Å². The first kappa shape index (κ1) is 14.8. The molecule has 0 spiro atoms. The fraction of sp³-hybridized carbons (Fsp3) is 0.625. The number of hydrogen-bond donors (Lipinski definition) is 5. The van der Waals surface area contributed by atoms with Crippen LogP contribution in [-0.2, 0) is 4.74 Å². The minimum Gasteiger partial charge on any atom is -0.394 e. The lowest BCUT2D eigenvalue weighted by molar-refractivity contribution is -0.0588. The first-order valence-corrected chi connectivity index (χ1v) is 4.92. The van der Waals surface area contributed by atoms with E-state index in [0.717, 1.165) is 4.68 Å². The lowest BCUT2D eigenvalue weighted by atomic mass is 10.1. The SMILES string of the molecule is Cl.N=C(N)c1ncn(C2O[C@H](CO)[C@H](O)[C@H]2O)n1. The quantitative estimate of drug-likeness (QED) is 0.305. The molecule has 1 unspecified atom stereocenters. The number of amidine groups is 1. The van der Waals surface area contributed by atoms with Gasteiger partial charge in [-0.3, -0.25) is 5.41 Å². The van der Waals surface area contributed by atoms with Crippen LogP contribution in [0.4, 0.5) is 0 Å². The zero-order chi connectivity index (χ0) is 12.6. The fourth-order valence-electron chi connectivity index (χ4n) is 1.62. The third-order valence-electron chi connectivity index (χ3n) is 2.53. The van der Waals surface area contributed by atoms with Crippen molar-refractivity contribution in [1.82, 2.24) is 14.8 Å². The molecule has 2 heterocycles. The van der Waals surface area contributed by atoms with Gasteiger partial charge in [0.2, 0.25) is 5.82 Å². The topological polar surface area (TPSA) is 150 Å². The average molecular weight is 280 g/mol. The Bertz CT molecular complexity index is 427. The number of aromatic nitrogens is 3. The maximum absolute atomic E-state index is 9.70. The molecule has 0 aliphatic carbocycles. The third-order valence-corrected chi connectivity index (χ3v) is 2.53. The van der Waals surface area contributed by atoms with Crippen molar-refractivity contribution in [2.45, 2.75) is 24.5 Å². The fourth-order valence-corrected chi connectivity index (χ4v) is 1.62. The van der Waals surface area contributed by atoms with Crippen molar-refractivity contribution in [1.29, 1.82) is 5.41 Å². The van der Waals surface area contributed by atoms with Crippen LogP contribution in [0.15, 0.2) is 6.33 Å². The minimum absolute atomic E-state index is 0. The van der Waals surface area contributed by atoms with E-state index in [-0.39, 0.29) is 24.1 Å². The number of nitrogens with one attached hydrogen (secondary N) is 1. The number of aliphatic hydroxyl groups is 3. The largest absolute Gasteiger partial charge is 0.394 e. The van der Waals surface area contributed by atoms with Gasteiger partial charge in [-0.15, -0.1) is 17.5 Å². The second-order valence-electron chi connectivity index (χ2n) is 3.69. The number of rotatable bonds is 3. The van der Waals surface area contributed by atoms with Crippen molar-refractivity contribution in [3.63, 3.8) is 0 Å². The molecule has 1 aromatic heterocycles. The van der Waals surface area contributed by atoms with Gasteiger partial charge in [0.05, 0.1) is 6.61 Å². The minimum atomic E-state index is -1.23. The summed E-state index contributed by atoms with van der Waals surface area (Å²) in [5.41, 5.74) is 5.19. The number of nitrogen functional groups attached to an aromatic ring is 1. The van der Waals surface area contributed by atoms with Crippen molar-refractivity contribution in [3.8, 4) is 0 Å². The van der Waals surface area contributed by atoms with Crippen molar-refractivity contribution >= 4 is 18.2 Å². The summed E-state index contributed by atoms with van der Waals surface area (Å²) in [6.45, 7) is -0.414. The van der Waals surface area contributed by atoms with Gasteiger partial charge in [0, 0.05) is 0 Å². The molecule has 0 radical (unpaired) electrons. The molecule has 1 saturated heterocycles. The second-order valence-corrected chi connectivity index (χ2v) is 3.69. The van der Waals surface area contributed by atoms with E-state index in [2.05, 4.69) is 10.1 Å². The molecule has 0 aromatic carbocycles. The summed E-state index contributed by atoms with van der Waals surface area (Å²) >= 11 is 0. The average Bonchev–Trinajstić information content (AvgIpc) is 2.87. The molecule has 0 amide bonds. The van der Waals surface area contributed by atoms with Crippen LogP contribution in [0.1, 0.15) is 12.1 Å². The van der Waals surface area contributed by atoms with Gasteiger partial charge in [-0.05, 0) is 0 Å². The Morgan fingerprint density at radius 3 is 2.61 bits per heavy atom. The highest BCUT2D eigenvalue weighted by Gasteiger charge is 2.43. The zero-order valence-electron chi connectivity index (χ0n) is 9.17. The van der Waals surface area contributed by atoms with E-state index in [1.165, 1.54) is 6.33 Å². The van der Waals surface area contributed by atoms with Crippen LogP contribution in [0.3, 0.4) is 0 Å². The second kappa shape index (κ2) is 5.59. The molecule has 2 rings (SSSR count). The van der Waals surface area contributed by atoms with Gasteiger partial charge in [0.1, 0.15) is 24.6 Å². The molecule has 102 valence electrons. The van der Waals surface area contributed by atoms with Crippen LogP contribution in [0, 0.1) is 5.41 Å². The Morgan fingerprint density at radius 2 is 2.17 bits per heavy atom. The zero-order valence-corrected chi connectivity index (χ0v) is 9.99. The Kier molecular flexibility index (Phi) is 4.59. The predicted octanol–water partition coefficient (Wildman–Crippen LogP) is -2.40. The molecule has 18 heavy (non-hydrogen) atoms. The highest BCUT2D eigenvalue weighted by atomic mass is 35.5. The van der Waals surface area contributed by atoms with Crippen LogP contribution in [0.5, 0.6) is 0 Å². The Balaban J connectivity index is 0.00000162. The van der Waals surface area contributed by atoms with Crippen LogP contribution in [-0.4, -0.2) is 60.8 Å². The van der Waals surface area contributed by atoms with Crippen LogP contribution < -0.4 is 5.73 Å².